The largest absolute Gasteiger partial charge is 0.497 e. The molecule has 18 heavy (non-hydrogen) atoms. The highest BCUT2D eigenvalue weighted by molar-refractivity contribution is 5.87. The molecule has 0 N–H and O–H groups in total. The van der Waals surface area contributed by atoms with Gasteiger partial charge in [-0.25, -0.2) is 0 Å². The van der Waals surface area contributed by atoms with Gasteiger partial charge >= 0.3 is 0 Å². The molecule has 2 heterocycles. The third-order valence-corrected chi connectivity index (χ3v) is 3.34. The number of hydrogen-bond acceptors (Lipinski definition) is 4. The highest BCUT2D eigenvalue weighted by atomic mass is 16.5. The van der Waals surface area contributed by atoms with Crippen molar-refractivity contribution in [1.82, 2.24) is 4.98 Å². The Morgan fingerprint density at radius 3 is 2.83 bits per heavy atom. The van der Waals surface area contributed by atoms with E-state index in [1.54, 1.807) is 13.3 Å². The van der Waals surface area contributed by atoms with Gasteiger partial charge in [0.1, 0.15) is 11.2 Å². The number of rotatable bonds is 2. The van der Waals surface area contributed by atoms with Gasteiger partial charge in [-0.05, 0) is 23.6 Å². The number of hydrogen-bond donors (Lipinski definition) is 0. The Bertz CT molecular complexity index is 642. The third kappa shape index (κ3) is 1.45. The topological polar surface area (TPSA) is 55.1 Å². The van der Waals surface area contributed by atoms with E-state index in [1.165, 1.54) is 0 Å². The molecule has 0 amide bonds. The minimum Gasteiger partial charge on any atom is -0.497 e. The van der Waals surface area contributed by atoms with E-state index in [1.807, 2.05) is 24.3 Å². The van der Waals surface area contributed by atoms with E-state index in [9.17, 15) is 5.26 Å². The van der Waals surface area contributed by atoms with Crippen molar-refractivity contribution in [1.29, 1.82) is 5.26 Å². The first-order chi connectivity index (χ1) is 8.79. The average Bonchev–Trinajstić information content (AvgIpc) is 2.38. The summed E-state index contributed by atoms with van der Waals surface area (Å²) >= 11 is 0. The quantitative estimate of drug-likeness (QED) is 0.806. The third-order valence-electron chi connectivity index (χ3n) is 3.34. The summed E-state index contributed by atoms with van der Waals surface area (Å²) < 4.78 is 10.4. The van der Waals surface area contributed by atoms with Crippen molar-refractivity contribution in [3.63, 3.8) is 0 Å². The van der Waals surface area contributed by atoms with Crippen LogP contribution in [0.5, 0.6) is 5.75 Å². The van der Waals surface area contributed by atoms with Crippen LogP contribution in [-0.2, 0) is 10.2 Å². The van der Waals surface area contributed by atoms with Gasteiger partial charge in [0.15, 0.2) is 0 Å². The number of fused-ring (bicyclic) bond motifs is 1. The molecule has 0 unspecified atom stereocenters. The van der Waals surface area contributed by atoms with Gasteiger partial charge < -0.3 is 9.47 Å². The van der Waals surface area contributed by atoms with Gasteiger partial charge in [0.05, 0.1) is 32.1 Å². The molecule has 0 aliphatic carbocycles. The number of pyridine rings is 1. The molecule has 0 atom stereocenters. The second kappa shape index (κ2) is 3.97. The van der Waals surface area contributed by atoms with E-state index in [-0.39, 0.29) is 0 Å². The summed E-state index contributed by atoms with van der Waals surface area (Å²) in [6.07, 6.45) is 1.74. The summed E-state index contributed by atoms with van der Waals surface area (Å²) in [4.78, 5) is 4.39. The maximum absolute atomic E-state index is 9.37. The summed E-state index contributed by atoms with van der Waals surface area (Å²) in [5.41, 5.74) is 0.180. The van der Waals surface area contributed by atoms with Crippen molar-refractivity contribution in [3.05, 3.63) is 36.2 Å². The fourth-order valence-corrected chi connectivity index (χ4v) is 2.22. The number of nitriles is 1. The van der Waals surface area contributed by atoms with Crippen molar-refractivity contribution in [2.24, 2.45) is 0 Å². The van der Waals surface area contributed by atoms with Crippen LogP contribution >= 0.6 is 0 Å². The summed E-state index contributed by atoms with van der Waals surface area (Å²) in [7, 11) is 1.63. The maximum Gasteiger partial charge on any atom is 0.146 e. The fourth-order valence-electron chi connectivity index (χ4n) is 2.22. The summed E-state index contributed by atoms with van der Waals surface area (Å²) in [5.74, 6) is 0.769. The van der Waals surface area contributed by atoms with E-state index in [0.29, 0.717) is 13.2 Å². The van der Waals surface area contributed by atoms with Gasteiger partial charge in [-0.3, -0.25) is 4.98 Å². The number of ether oxygens (including phenoxy) is 2. The molecule has 0 radical (unpaired) electrons. The molecule has 1 aliphatic rings. The van der Waals surface area contributed by atoms with Crippen LogP contribution in [0, 0.1) is 11.3 Å². The first-order valence-corrected chi connectivity index (χ1v) is 5.71. The van der Waals surface area contributed by atoms with Crippen LogP contribution in [0.1, 0.15) is 5.69 Å². The zero-order valence-electron chi connectivity index (χ0n) is 10.0. The van der Waals surface area contributed by atoms with Crippen molar-refractivity contribution in [2.45, 2.75) is 5.41 Å². The molecule has 3 rings (SSSR count). The van der Waals surface area contributed by atoms with Crippen LogP contribution in [0.2, 0.25) is 0 Å². The molecular weight excluding hydrogens is 228 g/mol. The zero-order chi connectivity index (χ0) is 12.6. The predicted octanol–water partition coefficient (Wildman–Crippen LogP) is 2.03. The number of methoxy groups -OCH3 is 1. The lowest BCUT2D eigenvalue weighted by Crippen LogP contribution is -2.46. The van der Waals surface area contributed by atoms with E-state index in [0.717, 1.165) is 22.2 Å². The van der Waals surface area contributed by atoms with Crippen LogP contribution in [0.4, 0.5) is 0 Å². The van der Waals surface area contributed by atoms with Crippen LogP contribution in [-0.4, -0.2) is 25.3 Å². The first-order valence-electron chi connectivity index (χ1n) is 5.71. The molecule has 1 fully saturated rings. The van der Waals surface area contributed by atoms with Crippen LogP contribution in [0.25, 0.3) is 10.8 Å². The molecule has 1 aliphatic heterocycles. The number of benzene rings is 1. The lowest BCUT2D eigenvalue weighted by molar-refractivity contribution is -0.0310. The Morgan fingerprint density at radius 2 is 2.22 bits per heavy atom. The molecule has 4 nitrogen and oxygen atoms in total. The Labute approximate surface area is 105 Å². The molecule has 1 saturated heterocycles. The normalized spacial score (nSPS) is 16.9. The zero-order valence-corrected chi connectivity index (χ0v) is 10.0. The average molecular weight is 240 g/mol. The Morgan fingerprint density at radius 1 is 1.39 bits per heavy atom. The van der Waals surface area contributed by atoms with E-state index in [4.69, 9.17) is 9.47 Å². The summed E-state index contributed by atoms with van der Waals surface area (Å²) in [6, 6.07) is 10.1. The van der Waals surface area contributed by atoms with Gasteiger partial charge in [-0.2, -0.15) is 5.26 Å². The number of nitrogens with zero attached hydrogens (tertiary/aromatic N) is 2. The summed E-state index contributed by atoms with van der Waals surface area (Å²) in [5, 5.41) is 11.4. The van der Waals surface area contributed by atoms with Crippen LogP contribution in [0.3, 0.4) is 0 Å². The Hall–Kier alpha value is -2.12. The first kappa shape index (κ1) is 11.0. The van der Waals surface area contributed by atoms with Gasteiger partial charge in [-0.1, -0.05) is 6.07 Å². The highest BCUT2D eigenvalue weighted by Crippen LogP contribution is 2.35. The van der Waals surface area contributed by atoms with Crippen molar-refractivity contribution < 1.29 is 9.47 Å². The molecule has 4 heteroatoms. The van der Waals surface area contributed by atoms with Crippen molar-refractivity contribution in [3.8, 4) is 11.8 Å². The van der Waals surface area contributed by atoms with Gasteiger partial charge in [-0.15, -0.1) is 0 Å². The molecule has 1 aromatic heterocycles. The lowest BCUT2D eigenvalue weighted by atomic mass is 9.81. The van der Waals surface area contributed by atoms with Gasteiger partial charge in [0, 0.05) is 11.6 Å². The number of aromatic nitrogens is 1. The molecule has 0 bridgehead atoms. The van der Waals surface area contributed by atoms with Crippen molar-refractivity contribution >= 4 is 10.8 Å². The molecule has 0 spiro atoms. The van der Waals surface area contributed by atoms with E-state index < -0.39 is 5.41 Å². The minimum absolute atomic E-state index is 0.410. The molecular formula is C14H12N2O2. The van der Waals surface area contributed by atoms with Crippen LogP contribution < -0.4 is 4.74 Å². The molecule has 0 saturated carbocycles. The SMILES string of the molecule is COc1ccc2ccnc(C3(C#N)COC3)c2c1. The molecule has 1 aromatic carbocycles. The monoisotopic (exact) mass is 240 g/mol. The van der Waals surface area contributed by atoms with Crippen LogP contribution in [0.15, 0.2) is 30.5 Å². The van der Waals surface area contributed by atoms with Gasteiger partial charge in [0.2, 0.25) is 0 Å². The maximum atomic E-state index is 9.37. The molecule has 90 valence electrons. The van der Waals surface area contributed by atoms with Crippen molar-refractivity contribution in [2.75, 3.05) is 20.3 Å². The highest BCUT2D eigenvalue weighted by Gasteiger charge is 2.43. The predicted molar refractivity (Wildman–Crippen MR) is 66.4 cm³/mol. The standard InChI is InChI=1S/C14H12N2O2/c1-17-11-3-2-10-4-5-16-13(12(10)6-11)14(7-15)8-18-9-14/h2-6H,8-9H2,1H3. The Balaban J connectivity index is 2.26. The smallest absolute Gasteiger partial charge is 0.146 e. The second-order valence-corrected chi connectivity index (χ2v) is 4.43. The molecule has 2 aromatic rings. The lowest BCUT2D eigenvalue weighted by Gasteiger charge is -2.35. The Kier molecular flexibility index (Phi) is 2.42. The van der Waals surface area contributed by atoms with Gasteiger partial charge in [0.25, 0.3) is 0 Å². The van der Waals surface area contributed by atoms with E-state index >= 15 is 0 Å². The summed E-state index contributed by atoms with van der Waals surface area (Å²) in [6.45, 7) is 0.819. The van der Waals surface area contributed by atoms with E-state index in [2.05, 4.69) is 11.1 Å². The minimum atomic E-state index is -0.605. The fraction of sp³-hybridized carbons (Fsp3) is 0.286. The second-order valence-electron chi connectivity index (χ2n) is 4.43.